The molecule has 1 heterocycles. The average molecular weight is 449 g/mol. The number of hydrogen-bond acceptors (Lipinski definition) is 2. The van der Waals surface area contributed by atoms with Crippen molar-refractivity contribution in [1.29, 1.82) is 0 Å². The van der Waals surface area contributed by atoms with Crippen LogP contribution >= 0.6 is 0 Å². The second-order valence-electron chi connectivity index (χ2n) is 11.3. The predicted octanol–water partition coefficient (Wildman–Crippen LogP) is 9.22. The maximum Gasteiger partial charge on any atom is 0.142 e. The molecule has 5 rings (SSSR count). The van der Waals surface area contributed by atoms with Gasteiger partial charge in [0.25, 0.3) is 0 Å². The molecule has 1 N–H and O–H groups in total. The summed E-state index contributed by atoms with van der Waals surface area (Å²) in [5, 5.41) is 13.4. The van der Waals surface area contributed by atoms with Crippen LogP contribution in [-0.4, -0.2) is 5.11 Å². The summed E-state index contributed by atoms with van der Waals surface area (Å²) in [7, 11) is 0. The van der Waals surface area contributed by atoms with Crippen LogP contribution in [0.3, 0.4) is 0 Å². The van der Waals surface area contributed by atoms with Gasteiger partial charge in [-0.15, -0.1) is 0 Å². The molecule has 0 amide bonds. The molecule has 2 heteroatoms. The molecule has 0 saturated heterocycles. The Bertz CT molecular complexity index is 1490. The zero-order valence-corrected chi connectivity index (χ0v) is 20.9. The Morgan fingerprint density at radius 1 is 0.588 bits per heavy atom. The van der Waals surface area contributed by atoms with Crippen molar-refractivity contribution in [2.45, 2.75) is 52.4 Å². The first-order valence-electron chi connectivity index (χ1n) is 11.9. The first-order valence-corrected chi connectivity index (χ1v) is 11.9. The van der Waals surface area contributed by atoms with E-state index in [1.54, 1.807) is 0 Å². The predicted molar refractivity (Wildman–Crippen MR) is 144 cm³/mol. The molecule has 4 aromatic carbocycles. The third-order valence-corrected chi connectivity index (χ3v) is 6.62. The molecule has 0 bridgehead atoms. The molecular formula is C32H32O2. The quantitative estimate of drug-likeness (QED) is 0.292. The minimum Gasteiger partial charge on any atom is -0.507 e. The minimum absolute atomic E-state index is 0.128. The standard InChI is InChI=1S/C32H32O2/c1-31(2,3)25-18-22(20-13-9-7-10-14-20)17-24-27-28(33)23(21-15-11-8-12-16-21)19-26(32(4,5)6)30(27)34-29(24)25/h7-19,33H,1-6H3. The Morgan fingerprint density at radius 3 is 1.68 bits per heavy atom. The third kappa shape index (κ3) is 3.68. The molecule has 0 radical (unpaired) electrons. The van der Waals surface area contributed by atoms with Crippen molar-refractivity contribution in [3.05, 3.63) is 90.0 Å². The molecule has 172 valence electrons. The first-order chi connectivity index (χ1) is 16.1. The Morgan fingerprint density at radius 2 is 1.12 bits per heavy atom. The smallest absolute Gasteiger partial charge is 0.142 e. The zero-order chi connectivity index (χ0) is 24.3. The maximum absolute atomic E-state index is 11.7. The number of benzene rings is 4. The van der Waals surface area contributed by atoms with E-state index < -0.39 is 0 Å². The summed E-state index contributed by atoms with van der Waals surface area (Å²) in [6.45, 7) is 13.2. The molecule has 0 aliphatic rings. The molecule has 0 unspecified atom stereocenters. The molecule has 0 spiro atoms. The first kappa shape index (κ1) is 22.3. The number of hydrogen-bond donors (Lipinski definition) is 1. The molecule has 0 saturated carbocycles. The zero-order valence-electron chi connectivity index (χ0n) is 20.9. The van der Waals surface area contributed by atoms with Crippen LogP contribution in [0.15, 0.2) is 83.3 Å². The van der Waals surface area contributed by atoms with Crippen molar-refractivity contribution in [3.63, 3.8) is 0 Å². The second-order valence-corrected chi connectivity index (χ2v) is 11.3. The highest BCUT2D eigenvalue weighted by atomic mass is 16.3. The summed E-state index contributed by atoms with van der Waals surface area (Å²) in [6, 6.07) is 27.0. The fourth-order valence-electron chi connectivity index (χ4n) is 4.79. The summed E-state index contributed by atoms with van der Waals surface area (Å²) in [6.07, 6.45) is 0. The fraction of sp³-hybridized carbons (Fsp3) is 0.250. The number of phenolic OH excluding ortho intramolecular Hbond substituents is 1. The van der Waals surface area contributed by atoms with Crippen LogP contribution in [0.2, 0.25) is 0 Å². The third-order valence-electron chi connectivity index (χ3n) is 6.62. The highest BCUT2D eigenvalue weighted by Crippen LogP contribution is 2.48. The van der Waals surface area contributed by atoms with Gasteiger partial charge in [-0.3, -0.25) is 0 Å². The van der Waals surface area contributed by atoms with E-state index in [0.29, 0.717) is 0 Å². The SMILES string of the molecule is CC(C)(C)c1cc(-c2ccccc2)cc2c1oc1c(C(C)(C)C)cc(-c3ccccc3)c(O)c12. The number of phenols is 1. The van der Waals surface area contributed by atoms with Crippen LogP contribution in [0.25, 0.3) is 44.2 Å². The number of aromatic hydroxyl groups is 1. The Balaban J connectivity index is 1.97. The molecule has 2 nitrogen and oxygen atoms in total. The van der Waals surface area contributed by atoms with Gasteiger partial charge in [-0.1, -0.05) is 102 Å². The lowest BCUT2D eigenvalue weighted by atomic mass is 9.82. The van der Waals surface area contributed by atoms with Crippen molar-refractivity contribution < 1.29 is 9.52 Å². The normalized spacial score (nSPS) is 12.5. The van der Waals surface area contributed by atoms with E-state index in [9.17, 15) is 5.11 Å². The number of furan rings is 1. The van der Waals surface area contributed by atoms with Gasteiger partial charge >= 0.3 is 0 Å². The van der Waals surface area contributed by atoms with Gasteiger partial charge in [-0.25, -0.2) is 0 Å². The van der Waals surface area contributed by atoms with Crippen molar-refractivity contribution in [2.75, 3.05) is 0 Å². The topological polar surface area (TPSA) is 33.4 Å². The molecular weight excluding hydrogens is 416 g/mol. The lowest BCUT2D eigenvalue weighted by molar-refractivity contribution is 0.482. The summed E-state index contributed by atoms with van der Waals surface area (Å²) >= 11 is 0. The van der Waals surface area contributed by atoms with Crippen LogP contribution in [0.5, 0.6) is 5.75 Å². The summed E-state index contributed by atoms with van der Waals surface area (Å²) in [5.41, 5.74) is 7.69. The summed E-state index contributed by atoms with van der Waals surface area (Å²) in [5.74, 6) is 0.276. The molecule has 0 aliphatic heterocycles. The van der Waals surface area contributed by atoms with Crippen LogP contribution < -0.4 is 0 Å². The Kier molecular flexibility index (Phi) is 5.09. The van der Waals surface area contributed by atoms with Gasteiger partial charge in [0.15, 0.2) is 0 Å². The van der Waals surface area contributed by atoms with Gasteiger partial charge in [0.05, 0.1) is 5.39 Å². The monoisotopic (exact) mass is 448 g/mol. The summed E-state index contributed by atoms with van der Waals surface area (Å²) < 4.78 is 6.67. The van der Waals surface area contributed by atoms with E-state index in [0.717, 1.165) is 55.3 Å². The second kappa shape index (κ2) is 7.77. The van der Waals surface area contributed by atoms with Crippen molar-refractivity contribution >= 4 is 21.9 Å². The average Bonchev–Trinajstić information content (AvgIpc) is 3.18. The van der Waals surface area contributed by atoms with Crippen LogP contribution in [0.1, 0.15) is 52.7 Å². The van der Waals surface area contributed by atoms with Gasteiger partial charge < -0.3 is 9.52 Å². The van der Waals surface area contributed by atoms with Crippen LogP contribution in [0.4, 0.5) is 0 Å². The molecule has 0 atom stereocenters. The molecule has 5 aromatic rings. The fourth-order valence-corrected chi connectivity index (χ4v) is 4.79. The Hall–Kier alpha value is -3.52. The van der Waals surface area contributed by atoms with Gasteiger partial charge in [0.1, 0.15) is 16.9 Å². The molecule has 0 aliphatic carbocycles. The van der Waals surface area contributed by atoms with E-state index in [2.05, 4.69) is 84.0 Å². The highest BCUT2D eigenvalue weighted by molar-refractivity contribution is 6.14. The van der Waals surface area contributed by atoms with Gasteiger partial charge in [0.2, 0.25) is 0 Å². The van der Waals surface area contributed by atoms with Crippen LogP contribution in [0, 0.1) is 0 Å². The van der Waals surface area contributed by atoms with Crippen molar-refractivity contribution in [2.24, 2.45) is 0 Å². The Labute approximate surface area is 201 Å². The van der Waals surface area contributed by atoms with E-state index in [1.165, 1.54) is 0 Å². The molecule has 34 heavy (non-hydrogen) atoms. The van der Waals surface area contributed by atoms with E-state index in [-0.39, 0.29) is 16.6 Å². The van der Waals surface area contributed by atoms with E-state index >= 15 is 0 Å². The van der Waals surface area contributed by atoms with Gasteiger partial charge in [0, 0.05) is 22.1 Å². The van der Waals surface area contributed by atoms with Gasteiger partial charge in [-0.2, -0.15) is 0 Å². The number of fused-ring (bicyclic) bond motifs is 3. The van der Waals surface area contributed by atoms with E-state index in [4.69, 9.17) is 4.42 Å². The largest absolute Gasteiger partial charge is 0.507 e. The summed E-state index contributed by atoms with van der Waals surface area (Å²) in [4.78, 5) is 0. The maximum atomic E-state index is 11.7. The lowest BCUT2D eigenvalue weighted by Crippen LogP contribution is -2.11. The lowest BCUT2D eigenvalue weighted by Gasteiger charge is -2.21. The van der Waals surface area contributed by atoms with Crippen molar-refractivity contribution in [3.8, 4) is 28.0 Å². The van der Waals surface area contributed by atoms with Crippen LogP contribution in [-0.2, 0) is 10.8 Å². The molecule has 1 aromatic heterocycles. The number of rotatable bonds is 2. The van der Waals surface area contributed by atoms with Crippen molar-refractivity contribution in [1.82, 2.24) is 0 Å². The van der Waals surface area contributed by atoms with Gasteiger partial charge in [-0.05, 0) is 45.7 Å². The molecule has 0 fully saturated rings. The van der Waals surface area contributed by atoms with E-state index in [1.807, 2.05) is 36.4 Å². The highest BCUT2D eigenvalue weighted by Gasteiger charge is 2.29. The minimum atomic E-state index is -0.159.